The van der Waals surface area contributed by atoms with Crippen LogP contribution in [0.5, 0.6) is 0 Å². The molecule has 1 atom stereocenters. The van der Waals surface area contributed by atoms with Gasteiger partial charge in [-0.25, -0.2) is 0 Å². The van der Waals surface area contributed by atoms with E-state index < -0.39 is 0 Å². The Balaban J connectivity index is 2.06. The predicted octanol–water partition coefficient (Wildman–Crippen LogP) is 1.81. The monoisotopic (exact) mass is 259 g/mol. The maximum Gasteiger partial charge on any atom is 0.0233 e. The van der Waals surface area contributed by atoms with Gasteiger partial charge in [-0.3, -0.25) is 0 Å². The van der Waals surface area contributed by atoms with Gasteiger partial charge in [-0.05, 0) is 46.7 Å². The summed E-state index contributed by atoms with van der Waals surface area (Å²) in [5.41, 5.74) is 1.44. The average Bonchev–Trinajstić information content (AvgIpc) is 2.78. The van der Waals surface area contributed by atoms with Crippen LogP contribution >= 0.6 is 22.6 Å². The van der Waals surface area contributed by atoms with E-state index in [2.05, 4.69) is 52.2 Å². The third-order valence-corrected chi connectivity index (χ3v) is 2.61. The van der Waals surface area contributed by atoms with Gasteiger partial charge in [-0.15, -0.1) is 0 Å². The molecule has 0 amide bonds. The molecule has 1 heterocycles. The molecule has 1 aliphatic heterocycles. The Hall–Kier alpha value is -0.0900. The van der Waals surface area contributed by atoms with Crippen molar-refractivity contribution in [2.24, 2.45) is 0 Å². The lowest BCUT2D eigenvalue weighted by Gasteiger charge is -1.97. The Morgan fingerprint density at radius 2 is 2.00 bits per heavy atom. The quantitative estimate of drug-likeness (QED) is 0.635. The molecule has 1 aliphatic rings. The zero-order chi connectivity index (χ0) is 7.68. The molecule has 1 saturated heterocycles. The third kappa shape index (κ3) is 2.17. The molecule has 2 heteroatoms. The first-order valence-corrected chi connectivity index (χ1v) is 4.90. The smallest absolute Gasteiger partial charge is 0.0233 e. The standard InChI is InChI=1S/C9H10IN/c10-8-3-1-7(2-4-8)5-9-6-11-9/h1-4,9,11H,5-6H2. The van der Waals surface area contributed by atoms with Crippen LogP contribution in [0.2, 0.25) is 0 Å². The van der Waals surface area contributed by atoms with E-state index in [4.69, 9.17) is 0 Å². The van der Waals surface area contributed by atoms with Crippen LogP contribution in [0.3, 0.4) is 0 Å². The van der Waals surface area contributed by atoms with Crippen LogP contribution < -0.4 is 5.32 Å². The second-order valence-electron chi connectivity index (χ2n) is 2.94. The van der Waals surface area contributed by atoms with Gasteiger partial charge < -0.3 is 5.32 Å². The fourth-order valence-corrected chi connectivity index (χ4v) is 1.49. The number of rotatable bonds is 2. The largest absolute Gasteiger partial charge is 0.311 e. The summed E-state index contributed by atoms with van der Waals surface area (Å²) in [4.78, 5) is 0. The van der Waals surface area contributed by atoms with Crippen molar-refractivity contribution < 1.29 is 0 Å². The molecule has 1 N–H and O–H groups in total. The van der Waals surface area contributed by atoms with Crippen LogP contribution in [0.4, 0.5) is 0 Å². The summed E-state index contributed by atoms with van der Waals surface area (Å²) in [6.45, 7) is 1.20. The Morgan fingerprint density at radius 3 is 2.55 bits per heavy atom. The molecule has 0 aliphatic carbocycles. The molecular formula is C9H10IN. The zero-order valence-corrected chi connectivity index (χ0v) is 8.34. The average molecular weight is 259 g/mol. The van der Waals surface area contributed by atoms with Crippen molar-refractivity contribution in [1.82, 2.24) is 5.32 Å². The van der Waals surface area contributed by atoms with Gasteiger partial charge in [-0.2, -0.15) is 0 Å². The minimum atomic E-state index is 0.759. The minimum Gasteiger partial charge on any atom is -0.311 e. The van der Waals surface area contributed by atoms with Crippen molar-refractivity contribution in [2.75, 3.05) is 6.54 Å². The van der Waals surface area contributed by atoms with Gasteiger partial charge in [0.05, 0.1) is 0 Å². The molecule has 1 unspecified atom stereocenters. The molecule has 0 aromatic heterocycles. The van der Waals surface area contributed by atoms with E-state index in [0.717, 1.165) is 6.04 Å². The molecule has 0 spiro atoms. The molecular weight excluding hydrogens is 249 g/mol. The summed E-state index contributed by atoms with van der Waals surface area (Å²) in [6, 6.07) is 9.51. The van der Waals surface area contributed by atoms with Crippen LogP contribution in [0, 0.1) is 3.57 Å². The lowest BCUT2D eigenvalue weighted by molar-refractivity contribution is 0.930. The van der Waals surface area contributed by atoms with Gasteiger partial charge in [0.2, 0.25) is 0 Å². The summed E-state index contributed by atoms with van der Waals surface area (Å²) < 4.78 is 1.31. The van der Waals surface area contributed by atoms with E-state index in [1.54, 1.807) is 0 Å². The molecule has 2 rings (SSSR count). The molecule has 58 valence electrons. The van der Waals surface area contributed by atoms with E-state index in [9.17, 15) is 0 Å². The summed E-state index contributed by atoms with van der Waals surface area (Å²) in [7, 11) is 0. The Bertz CT molecular complexity index is 238. The molecule has 0 radical (unpaired) electrons. The maximum absolute atomic E-state index is 3.30. The molecule has 0 bridgehead atoms. The summed E-state index contributed by atoms with van der Waals surface area (Å²) in [5.74, 6) is 0. The van der Waals surface area contributed by atoms with Crippen molar-refractivity contribution in [3.63, 3.8) is 0 Å². The van der Waals surface area contributed by atoms with E-state index >= 15 is 0 Å². The Morgan fingerprint density at radius 1 is 1.36 bits per heavy atom. The highest BCUT2D eigenvalue weighted by molar-refractivity contribution is 14.1. The van der Waals surface area contributed by atoms with Gasteiger partial charge >= 0.3 is 0 Å². The first kappa shape index (κ1) is 7.55. The highest BCUT2D eigenvalue weighted by Crippen LogP contribution is 2.11. The fraction of sp³-hybridized carbons (Fsp3) is 0.333. The van der Waals surface area contributed by atoms with Gasteiger partial charge in [-0.1, -0.05) is 12.1 Å². The number of hydrogen-bond donors (Lipinski definition) is 1. The summed E-state index contributed by atoms with van der Waals surface area (Å²) >= 11 is 2.33. The predicted molar refractivity (Wildman–Crippen MR) is 54.7 cm³/mol. The van der Waals surface area contributed by atoms with Crippen LogP contribution in [0.15, 0.2) is 24.3 Å². The first-order chi connectivity index (χ1) is 5.34. The number of halogens is 1. The molecule has 1 nitrogen and oxygen atoms in total. The van der Waals surface area contributed by atoms with Crippen LogP contribution in [-0.4, -0.2) is 12.6 Å². The first-order valence-electron chi connectivity index (χ1n) is 3.82. The normalized spacial score (nSPS) is 21.7. The molecule has 1 aromatic carbocycles. The van der Waals surface area contributed by atoms with Gasteiger partial charge in [0.25, 0.3) is 0 Å². The number of benzene rings is 1. The van der Waals surface area contributed by atoms with Crippen molar-refractivity contribution in [3.05, 3.63) is 33.4 Å². The molecule has 1 aromatic rings. The minimum absolute atomic E-state index is 0.759. The van der Waals surface area contributed by atoms with Crippen molar-refractivity contribution in [2.45, 2.75) is 12.5 Å². The third-order valence-electron chi connectivity index (χ3n) is 1.89. The van der Waals surface area contributed by atoms with Gasteiger partial charge in [0.1, 0.15) is 0 Å². The number of nitrogens with one attached hydrogen (secondary N) is 1. The van der Waals surface area contributed by atoms with E-state index in [1.807, 2.05) is 0 Å². The Kier molecular flexibility index (Phi) is 2.13. The summed E-state index contributed by atoms with van der Waals surface area (Å²) in [5, 5.41) is 3.30. The highest BCUT2D eigenvalue weighted by Gasteiger charge is 2.19. The zero-order valence-electron chi connectivity index (χ0n) is 6.18. The van der Waals surface area contributed by atoms with Crippen LogP contribution in [0.1, 0.15) is 5.56 Å². The second-order valence-corrected chi connectivity index (χ2v) is 4.18. The van der Waals surface area contributed by atoms with Crippen molar-refractivity contribution >= 4 is 22.6 Å². The Labute approximate surface area is 80.3 Å². The van der Waals surface area contributed by atoms with Gasteiger partial charge in [0.15, 0.2) is 0 Å². The molecule has 1 fully saturated rings. The van der Waals surface area contributed by atoms with Crippen molar-refractivity contribution in [1.29, 1.82) is 0 Å². The van der Waals surface area contributed by atoms with E-state index in [-0.39, 0.29) is 0 Å². The fourth-order valence-electron chi connectivity index (χ4n) is 1.13. The van der Waals surface area contributed by atoms with Crippen LogP contribution in [0.25, 0.3) is 0 Å². The van der Waals surface area contributed by atoms with E-state index in [1.165, 1.54) is 22.1 Å². The second kappa shape index (κ2) is 3.11. The van der Waals surface area contributed by atoms with E-state index in [0.29, 0.717) is 0 Å². The van der Waals surface area contributed by atoms with Gasteiger partial charge in [0, 0.05) is 16.2 Å². The number of hydrogen-bond acceptors (Lipinski definition) is 1. The lowest BCUT2D eigenvalue weighted by Crippen LogP contribution is -1.95. The van der Waals surface area contributed by atoms with Crippen molar-refractivity contribution in [3.8, 4) is 0 Å². The summed E-state index contributed by atoms with van der Waals surface area (Å²) in [6.07, 6.45) is 1.19. The van der Waals surface area contributed by atoms with Crippen LogP contribution in [-0.2, 0) is 6.42 Å². The SMILES string of the molecule is Ic1ccc(CC2CN2)cc1. The highest BCUT2D eigenvalue weighted by atomic mass is 127. The lowest BCUT2D eigenvalue weighted by atomic mass is 10.1. The molecule has 11 heavy (non-hydrogen) atoms. The maximum atomic E-state index is 3.30. The topological polar surface area (TPSA) is 21.9 Å². The molecule has 0 saturated carbocycles.